The Balaban J connectivity index is 1.48. The Hall–Kier alpha value is -3.12. The fourth-order valence-corrected chi connectivity index (χ4v) is 3.27. The van der Waals surface area contributed by atoms with Gasteiger partial charge in [0.2, 0.25) is 0 Å². The molecule has 1 N–H and O–H groups in total. The Kier molecular flexibility index (Phi) is 7.25. The maximum atomic E-state index is 12.3. The molecule has 1 aromatic heterocycles. The topological polar surface area (TPSA) is 59.4 Å². The number of amides is 1. The first-order chi connectivity index (χ1) is 14.4. The summed E-state index contributed by atoms with van der Waals surface area (Å²) in [6, 6.07) is 15.6. The number of hydrogen-bond donors (Lipinski definition) is 1. The molecule has 0 bridgehead atoms. The molecular weight excluding hydrogens is 376 g/mol. The van der Waals surface area contributed by atoms with Gasteiger partial charge in [0.25, 0.3) is 5.91 Å². The number of aryl methyl sites for hydroxylation is 2. The van der Waals surface area contributed by atoms with Crippen molar-refractivity contribution in [1.82, 2.24) is 20.0 Å². The zero-order chi connectivity index (χ0) is 21.5. The first-order valence-electron chi connectivity index (χ1n) is 10.2. The van der Waals surface area contributed by atoms with E-state index in [1.807, 2.05) is 74.4 Å². The molecule has 6 nitrogen and oxygen atoms in total. The third-order valence-electron chi connectivity index (χ3n) is 4.76. The Morgan fingerprint density at radius 1 is 1.17 bits per heavy atom. The third-order valence-corrected chi connectivity index (χ3v) is 4.76. The van der Waals surface area contributed by atoms with Crippen LogP contribution in [-0.4, -0.2) is 40.3 Å². The molecule has 6 heteroatoms. The number of rotatable bonds is 9. The number of benzene rings is 2. The van der Waals surface area contributed by atoms with E-state index in [0.29, 0.717) is 12.1 Å². The number of carbonyl (C=O) groups excluding carboxylic acids is 1. The summed E-state index contributed by atoms with van der Waals surface area (Å²) in [4.78, 5) is 14.5. The first-order valence-corrected chi connectivity index (χ1v) is 10.2. The Morgan fingerprint density at radius 2 is 1.90 bits per heavy atom. The molecule has 1 atom stereocenters. The van der Waals surface area contributed by atoms with Crippen LogP contribution < -0.4 is 10.1 Å². The summed E-state index contributed by atoms with van der Waals surface area (Å²) in [7, 11) is 4.01. The van der Waals surface area contributed by atoms with Crippen molar-refractivity contribution in [3.63, 3.8) is 0 Å². The average Bonchev–Trinajstić information content (AvgIpc) is 3.11. The van der Waals surface area contributed by atoms with E-state index >= 15 is 0 Å². The molecule has 0 aliphatic heterocycles. The van der Waals surface area contributed by atoms with Crippen LogP contribution in [0, 0.1) is 6.92 Å². The van der Waals surface area contributed by atoms with Crippen LogP contribution in [0.5, 0.6) is 5.75 Å². The molecule has 30 heavy (non-hydrogen) atoms. The second-order valence-corrected chi connectivity index (χ2v) is 7.85. The van der Waals surface area contributed by atoms with Gasteiger partial charge in [-0.05, 0) is 50.7 Å². The lowest BCUT2D eigenvalue weighted by atomic mass is 10.1. The molecule has 0 saturated heterocycles. The quantitative estimate of drug-likeness (QED) is 0.590. The monoisotopic (exact) mass is 406 g/mol. The van der Waals surface area contributed by atoms with Gasteiger partial charge in [-0.1, -0.05) is 29.8 Å². The van der Waals surface area contributed by atoms with Gasteiger partial charge in [-0.2, -0.15) is 5.10 Å². The number of carbonyl (C=O) groups is 1. The van der Waals surface area contributed by atoms with E-state index in [9.17, 15) is 4.79 Å². The normalized spacial score (nSPS) is 12.0. The highest BCUT2D eigenvalue weighted by Crippen LogP contribution is 2.17. The summed E-state index contributed by atoms with van der Waals surface area (Å²) in [5.74, 6) is 0.718. The van der Waals surface area contributed by atoms with Gasteiger partial charge < -0.3 is 10.1 Å². The molecular formula is C24H30N4O2. The van der Waals surface area contributed by atoms with Crippen molar-refractivity contribution in [3.8, 4) is 5.75 Å². The van der Waals surface area contributed by atoms with Crippen LogP contribution in [0.3, 0.4) is 0 Å². The first kappa shape index (κ1) is 21.6. The third kappa shape index (κ3) is 6.46. The summed E-state index contributed by atoms with van der Waals surface area (Å²) in [6.45, 7) is 6.04. The number of hydrogen-bond acceptors (Lipinski definition) is 4. The second kappa shape index (κ2) is 10.1. The molecule has 0 saturated carbocycles. The second-order valence-electron chi connectivity index (χ2n) is 7.85. The van der Waals surface area contributed by atoms with Gasteiger partial charge in [0.05, 0.1) is 12.7 Å². The summed E-state index contributed by atoms with van der Waals surface area (Å²) >= 11 is 0. The molecule has 3 aromatic rings. The van der Waals surface area contributed by atoms with Crippen LogP contribution in [-0.2, 0) is 20.1 Å². The summed E-state index contributed by atoms with van der Waals surface area (Å²) < 4.78 is 7.83. The molecule has 0 aliphatic rings. The minimum absolute atomic E-state index is 0.0868. The molecule has 1 heterocycles. The van der Waals surface area contributed by atoms with Crippen LogP contribution in [0.4, 0.5) is 0 Å². The fourth-order valence-electron chi connectivity index (χ4n) is 3.27. The van der Waals surface area contributed by atoms with E-state index in [-0.39, 0.29) is 12.0 Å². The number of ether oxygens (including phenoxy) is 1. The lowest BCUT2D eigenvalue weighted by Gasteiger charge is -2.18. The molecule has 0 radical (unpaired) electrons. The highest BCUT2D eigenvalue weighted by atomic mass is 16.5. The minimum atomic E-state index is -0.136. The zero-order valence-corrected chi connectivity index (χ0v) is 18.1. The Morgan fingerprint density at radius 3 is 2.60 bits per heavy atom. The highest BCUT2D eigenvalue weighted by molar-refractivity contribution is 5.94. The van der Waals surface area contributed by atoms with Crippen molar-refractivity contribution < 1.29 is 9.53 Å². The number of nitrogens with one attached hydrogen (secondary N) is 1. The minimum Gasteiger partial charge on any atom is -0.489 e. The van der Waals surface area contributed by atoms with Crippen molar-refractivity contribution in [3.05, 3.63) is 83.2 Å². The van der Waals surface area contributed by atoms with E-state index in [0.717, 1.165) is 24.4 Å². The van der Waals surface area contributed by atoms with E-state index in [1.165, 1.54) is 11.1 Å². The van der Waals surface area contributed by atoms with Gasteiger partial charge >= 0.3 is 0 Å². The van der Waals surface area contributed by atoms with Crippen molar-refractivity contribution in [2.24, 2.45) is 7.05 Å². The lowest BCUT2D eigenvalue weighted by Crippen LogP contribution is -2.33. The molecule has 0 aliphatic carbocycles. The Bertz CT molecular complexity index is 965. The highest BCUT2D eigenvalue weighted by Gasteiger charge is 2.10. The van der Waals surface area contributed by atoms with Crippen LogP contribution >= 0.6 is 0 Å². The number of nitrogens with zero attached hydrogens (tertiary/aromatic N) is 3. The maximum Gasteiger partial charge on any atom is 0.251 e. The molecule has 158 valence electrons. The predicted molar refractivity (Wildman–Crippen MR) is 118 cm³/mol. The van der Waals surface area contributed by atoms with Gasteiger partial charge in [-0.15, -0.1) is 0 Å². The van der Waals surface area contributed by atoms with E-state index in [2.05, 4.69) is 34.5 Å². The van der Waals surface area contributed by atoms with Crippen molar-refractivity contribution in [2.75, 3.05) is 13.6 Å². The molecule has 0 fully saturated rings. The predicted octanol–water partition coefficient (Wildman–Crippen LogP) is 3.56. The van der Waals surface area contributed by atoms with E-state index in [4.69, 9.17) is 4.74 Å². The SMILES string of the molecule is Cc1ccc(C(=O)NC[C@@H](C)Oc2cccc(CN(C)Cc3cnn(C)c3)c2)cc1. The van der Waals surface area contributed by atoms with Gasteiger partial charge in [-0.3, -0.25) is 14.4 Å². The fraction of sp³-hybridized carbons (Fsp3) is 0.333. The van der Waals surface area contributed by atoms with Crippen LogP contribution in [0.15, 0.2) is 60.9 Å². The molecule has 0 spiro atoms. The van der Waals surface area contributed by atoms with Crippen molar-refractivity contribution >= 4 is 5.91 Å². The van der Waals surface area contributed by atoms with Crippen LogP contribution in [0.1, 0.15) is 34.0 Å². The summed E-state index contributed by atoms with van der Waals surface area (Å²) in [5.41, 5.74) is 4.15. The van der Waals surface area contributed by atoms with E-state index in [1.54, 1.807) is 0 Å². The van der Waals surface area contributed by atoms with Crippen molar-refractivity contribution in [2.45, 2.75) is 33.0 Å². The van der Waals surface area contributed by atoms with Gasteiger partial charge in [0.1, 0.15) is 11.9 Å². The standard InChI is InChI=1S/C24H30N4O2/c1-18-8-10-22(11-9-18)24(29)25-13-19(2)30-23-7-5-6-20(12-23)15-27(3)16-21-14-26-28(4)17-21/h5-12,14,17,19H,13,15-16H2,1-4H3,(H,25,29)/t19-/m1/s1. The van der Waals surface area contributed by atoms with Gasteiger partial charge in [0, 0.05) is 37.5 Å². The maximum absolute atomic E-state index is 12.3. The summed E-state index contributed by atoms with van der Waals surface area (Å²) in [6.07, 6.45) is 3.79. The Labute approximate surface area is 178 Å². The van der Waals surface area contributed by atoms with Crippen LogP contribution in [0.2, 0.25) is 0 Å². The molecule has 1 amide bonds. The van der Waals surface area contributed by atoms with Gasteiger partial charge in [-0.25, -0.2) is 0 Å². The largest absolute Gasteiger partial charge is 0.489 e. The van der Waals surface area contributed by atoms with Gasteiger partial charge in [0.15, 0.2) is 0 Å². The smallest absolute Gasteiger partial charge is 0.251 e. The van der Waals surface area contributed by atoms with Crippen molar-refractivity contribution in [1.29, 1.82) is 0 Å². The van der Waals surface area contributed by atoms with Crippen LogP contribution in [0.25, 0.3) is 0 Å². The summed E-state index contributed by atoms with van der Waals surface area (Å²) in [5, 5.41) is 7.15. The molecule has 0 unspecified atom stereocenters. The zero-order valence-electron chi connectivity index (χ0n) is 18.1. The number of aromatic nitrogens is 2. The van der Waals surface area contributed by atoms with E-state index < -0.39 is 0 Å². The molecule has 2 aromatic carbocycles. The lowest BCUT2D eigenvalue weighted by molar-refractivity contribution is 0.0932. The average molecular weight is 407 g/mol. The molecule has 3 rings (SSSR count).